The molecule has 1 N–H and O–H groups in total. The standard InChI is InChI=1S/C34H36Cl2N4O3/c1-34(2)19-28-32(30(41)20-34)33(25-13-8-22(35)18-26(25)36)40(29-7-5-4-6-27(29)37-28)21-31(42)39-16-14-38(15-17-39)23-9-11-24(43-3)12-10-23/h4-13,18,33,37H,14-17,19-21H2,1-3H3. The van der Waals surface area contributed by atoms with Gasteiger partial charge < -0.3 is 24.8 Å². The van der Waals surface area contributed by atoms with E-state index in [1.807, 2.05) is 64.4 Å². The molecule has 0 radical (unpaired) electrons. The molecule has 224 valence electrons. The number of amides is 1. The van der Waals surface area contributed by atoms with Crippen molar-refractivity contribution in [2.75, 3.05) is 55.0 Å². The van der Waals surface area contributed by atoms with Crippen molar-refractivity contribution in [3.8, 4) is 5.75 Å². The number of piperazine rings is 1. The Bertz CT molecular complexity index is 1580. The van der Waals surface area contributed by atoms with Gasteiger partial charge in [-0.25, -0.2) is 0 Å². The van der Waals surface area contributed by atoms with Crippen LogP contribution in [0.4, 0.5) is 17.1 Å². The van der Waals surface area contributed by atoms with E-state index < -0.39 is 6.04 Å². The van der Waals surface area contributed by atoms with Crippen molar-refractivity contribution in [3.05, 3.63) is 93.6 Å². The average molecular weight is 620 g/mol. The Kier molecular flexibility index (Phi) is 8.05. The SMILES string of the molecule is COc1ccc(N2CCN(C(=O)CN3c4ccccc4NC4=C(C(=O)CC(C)(C)C4)C3c3ccc(Cl)cc3Cl)CC2)cc1. The van der Waals surface area contributed by atoms with Crippen molar-refractivity contribution in [1.82, 2.24) is 4.90 Å². The van der Waals surface area contributed by atoms with Gasteiger partial charge in [-0.3, -0.25) is 9.59 Å². The number of halogens is 2. The van der Waals surface area contributed by atoms with E-state index in [9.17, 15) is 9.59 Å². The van der Waals surface area contributed by atoms with Gasteiger partial charge in [0.25, 0.3) is 0 Å². The number of carbonyl (C=O) groups excluding carboxylic acids is 2. The fraction of sp³-hybridized carbons (Fsp3) is 0.353. The summed E-state index contributed by atoms with van der Waals surface area (Å²) in [7, 11) is 1.66. The second kappa shape index (κ2) is 11.8. The van der Waals surface area contributed by atoms with Gasteiger partial charge in [0.1, 0.15) is 5.75 Å². The third-order valence-electron chi connectivity index (χ3n) is 8.64. The lowest BCUT2D eigenvalue weighted by molar-refractivity contribution is -0.130. The number of anilines is 3. The van der Waals surface area contributed by atoms with Crippen LogP contribution in [0.5, 0.6) is 5.75 Å². The highest BCUT2D eigenvalue weighted by Crippen LogP contribution is 2.49. The van der Waals surface area contributed by atoms with Crippen LogP contribution >= 0.6 is 23.2 Å². The summed E-state index contributed by atoms with van der Waals surface area (Å²) in [5.41, 5.74) is 4.93. The molecule has 3 aliphatic rings. The van der Waals surface area contributed by atoms with E-state index in [2.05, 4.69) is 24.1 Å². The minimum Gasteiger partial charge on any atom is -0.497 e. The van der Waals surface area contributed by atoms with Gasteiger partial charge in [-0.05, 0) is 65.9 Å². The van der Waals surface area contributed by atoms with Crippen molar-refractivity contribution in [2.45, 2.75) is 32.7 Å². The molecule has 1 atom stereocenters. The summed E-state index contributed by atoms with van der Waals surface area (Å²) < 4.78 is 5.30. The average Bonchev–Trinajstić information content (AvgIpc) is 3.11. The third-order valence-corrected chi connectivity index (χ3v) is 9.20. The first-order valence-electron chi connectivity index (χ1n) is 14.6. The summed E-state index contributed by atoms with van der Waals surface area (Å²) in [6.07, 6.45) is 1.12. The second-order valence-electron chi connectivity index (χ2n) is 12.2. The van der Waals surface area contributed by atoms with Crippen LogP contribution in [-0.2, 0) is 9.59 Å². The highest BCUT2D eigenvalue weighted by molar-refractivity contribution is 6.35. The fourth-order valence-electron chi connectivity index (χ4n) is 6.53. The Labute approximate surface area is 263 Å². The largest absolute Gasteiger partial charge is 0.497 e. The van der Waals surface area contributed by atoms with Crippen molar-refractivity contribution in [1.29, 1.82) is 0 Å². The number of Topliss-reactive ketones (excluding diaryl/α,β-unsaturated/α-hetero) is 1. The summed E-state index contributed by atoms with van der Waals surface area (Å²) in [4.78, 5) is 34.3. The van der Waals surface area contributed by atoms with Crippen LogP contribution in [0.2, 0.25) is 10.0 Å². The Balaban J connectivity index is 1.34. The number of ketones is 1. The van der Waals surface area contributed by atoms with E-state index in [1.54, 1.807) is 19.2 Å². The molecular weight excluding hydrogens is 583 g/mol. The summed E-state index contributed by atoms with van der Waals surface area (Å²) >= 11 is 13.2. The fourth-order valence-corrected chi connectivity index (χ4v) is 7.04. The monoisotopic (exact) mass is 618 g/mol. The van der Waals surface area contributed by atoms with E-state index in [-0.39, 0.29) is 23.7 Å². The first-order chi connectivity index (χ1) is 20.6. The van der Waals surface area contributed by atoms with E-state index in [0.717, 1.165) is 47.2 Å². The number of methoxy groups -OCH3 is 1. The Morgan fingerprint density at radius 3 is 2.40 bits per heavy atom. The van der Waals surface area contributed by atoms with Crippen molar-refractivity contribution >= 4 is 52.0 Å². The molecule has 1 amide bonds. The van der Waals surface area contributed by atoms with Crippen LogP contribution in [-0.4, -0.2) is 56.4 Å². The molecule has 1 unspecified atom stereocenters. The van der Waals surface area contributed by atoms with Gasteiger partial charge in [0, 0.05) is 59.6 Å². The molecule has 6 rings (SSSR count). The van der Waals surface area contributed by atoms with E-state index >= 15 is 0 Å². The van der Waals surface area contributed by atoms with Crippen LogP contribution in [0.1, 0.15) is 38.3 Å². The smallest absolute Gasteiger partial charge is 0.242 e. The molecule has 3 aromatic rings. The van der Waals surface area contributed by atoms with E-state index in [1.165, 1.54) is 0 Å². The minimum absolute atomic E-state index is 0.00640. The quantitative estimate of drug-likeness (QED) is 0.333. The summed E-state index contributed by atoms with van der Waals surface area (Å²) in [6.45, 7) is 6.99. The molecule has 7 nitrogen and oxygen atoms in total. The molecular formula is C34H36Cl2N4O3. The lowest BCUT2D eigenvalue weighted by atomic mass is 9.73. The number of hydrogen-bond donors (Lipinski definition) is 1. The maximum Gasteiger partial charge on any atom is 0.242 e. The van der Waals surface area contributed by atoms with Gasteiger partial charge >= 0.3 is 0 Å². The molecule has 1 fully saturated rings. The van der Waals surface area contributed by atoms with Crippen LogP contribution in [0, 0.1) is 5.41 Å². The first-order valence-corrected chi connectivity index (χ1v) is 15.4. The second-order valence-corrected chi connectivity index (χ2v) is 13.1. The Morgan fingerprint density at radius 1 is 0.977 bits per heavy atom. The number of ether oxygens (including phenoxy) is 1. The molecule has 2 heterocycles. The number of fused-ring (bicyclic) bond motifs is 1. The van der Waals surface area contributed by atoms with Gasteiger partial charge in [-0.1, -0.05) is 55.2 Å². The molecule has 3 aromatic carbocycles. The van der Waals surface area contributed by atoms with Gasteiger partial charge in [0.15, 0.2) is 5.78 Å². The lowest BCUT2D eigenvalue weighted by Gasteiger charge is -2.40. The molecule has 43 heavy (non-hydrogen) atoms. The highest BCUT2D eigenvalue weighted by Gasteiger charge is 2.43. The highest BCUT2D eigenvalue weighted by atomic mass is 35.5. The predicted octanol–water partition coefficient (Wildman–Crippen LogP) is 6.97. The maximum absolute atomic E-state index is 14.0. The molecule has 1 aliphatic carbocycles. The van der Waals surface area contributed by atoms with Crippen LogP contribution in [0.15, 0.2) is 78.0 Å². The van der Waals surface area contributed by atoms with Crippen LogP contribution < -0.4 is 19.9 Å². The number of para-hydroxylation sites is 2. The Morgan fingerprint density at radius 2 is 1.70 bits per heavy atom. The topological polar surface area (TPSA) is 65.1 Å². The number of hydrogen-bond acceptors (Lipinski definition) is 6. The van der Waals surface area contributed by atoms with Crippen molar-refractivity contribution in [3.63, 3.8) is 0 Å². The Hall–Kier alpha value is -3.68. The zero-order chi connectivity index (χ0) is 30.3. The molecule has 9 heteroatoms. The number of allylic oxidation sites excluding steroid dienone is 1. The van der Waals surface area contributed by atoms with Gasteiger partial charge in [-0.15, -0.1) is 0 Å². The molecule has 1 saturated heterocycles. The number of carbonyl (C=O) groups is 2. The predicted molar refractivity (Wildman–Crippen MR) is 173 cm³/mol. The van der Waals surface area contributed by atoms with Gasteiger partial charge in [-0.2, -0.15) is 0 Å². The van der Waals surface area contributed by atoms with Crippen molar-refractivity contribution in [2.24, 2.45) is 5.41 Å². The third kappa shape index (κ3) is 5.93. The summed E-state index contributed by atoms with van der Waals surface area (Å²) in [6, 6.07) is 20.8. The van der Waals surface area contributed by atoms with Crippen LogP contribution in [0.3, 0.4) is 0 Å². The molecule has 0 saturated carbocycles. The van der Waals surface area contributed by atoms with E-state index in [4.69, 9.17) is 27.9 Å². The molecule has 0 bridgehead atoms. The number of benzene rings is 3. The first kappa shape index (κ1) is 29.4. The lowest BCUT2D eigenvalue weighted by Crippen LogP contribution is -2.52. The summed E-state index contributed by atoms with van der Waals surface area (Å²) in [5, 5.41) is 4.58. The molecule has 2 aliphatic heterocycles. The number of nitrogens with zero attached hydrogens (tertiary/aromatic N) is 3. The molecule has 0 spiro atoms. The van der Waals surface area contributed by atoms with Gasteiger partial charge in [0.05, 0.1) is 31.1 Å². The van der Waals surface area contributed by atoms with Gasteiger partial charge in [0.2, 0.25) is 5.91 Å². The maximum atomic E-state index is 14.0. The van der Waals surface area contributed by atoms with Crippen LogP contribution in [0.25, 0.3) is 0 Å². The zero-order valence-electron chi connectivity index (χ0n) is 24.7. The summed E-state index contributed by atoms with van der Waals surface area (Å²) in [5.74, 6) is 0.887. The molecule has 0 aromatic heterocycles. The van der Waals surface area contributed by atoms with Crippen molar-refractivity contribution < 1.29 is 14.3 Å². The number of nitrogens with one attached hydrogen (secondary N) is 1. The van der Waals surface area contributed by atoms with E-state index in [0.29, 0.717) is 41.5 Å². The number of rotatable bonds is 5. The normalized spacial score (nSPS) is 19.8. The minimum atomic E-state index is -0.552. The zero-order valence-corrected chi connectivity index (χ0v) is 26.2.